The Hall–Kier alpha value is -0.830. The third kappa shape index (κ3) is 2.90. The largest absolute Gasteiger partial charge is 0.113 e. The Morgan fingerprint density at radius 1 is 0.857 bits per heavy atom. The van der Waals surface area contributed by atoms with E-state index >= 15 is 0 Å². The molecule has 0 radical (unpaired) electrons. The van der Waals surface area contributed by atoms with E-state index in [2.05, 4.69) is 81.2 Å². The molecular weight excluding hydrogens is 411 g/mol. The predicted molar refractivity (Wildman–Crippen MR) is 98.2 cm³/mol. The number of aryl methyl sites for hydroxylation is 1. The molecule has 0 saturated carbocycles. The lowest BCUT2D eigenvalue weighted by molar-refractivity contribution is 1.14. The summed E-state index contributed by atoms with van der Waals surface area (Å²) in [4.78, 5) is 0. The van der Waals surface area contributed by atoms with Gasteiger partial charge in [0.15, 0.2) is 0 Å². The second-order valence-electron chi connectivity index (χ2n) is 5.05. The summed E-state index contributed by atoms with van der Waals surface area (Å²) in [6.45, 7) is 2.13. The average molecular weight is 425 g/mol. The molecule has 0 fully saturated rings. The van der Waals surface area contributed by atoms with Crippen LogP contribution in [0.3, 0.4) is 0 Å². The van der Waals surface area contributed by atoms with E-state index in [9.17, 15) is 0 Å². The summed E-state index contributed by atoms with van der Waals surface area (Å²) in [5.41, 5.74) is 3.49. The van der Waals surface area contributed by atoms with E-state index in [1.807, 2.05) is 12.1 Å². The van der Waals surface area contributed by atoms with Crippen molar-refractivity contribution in [3.8, 4) is 0 Å². The second-order valence-corrected chi connectivity index (χ2v) is 7.25. The van der Waals surface area contributed by atoms with E-state index in [0.717, 1.165) is 20.1 Å². The van der Waals surface area contributed by atoms with Crippen LogP contribution in [0.2, 0.25) is 0 Å². The van der Waals surface area contributed by atoms with Crippen molar-refractivity contribution in [2.45, 2.75) is 12.3 Å². The molecule has 3 heteroatoms. The molecule has 1 atom stereocenters. The quantitative estimate of drug-likeness (QED) is 0.389. The van der Waals surface area contributed by atoms with Crippen LogP contribution in [0, 0.1) is 6.92 Å². The van der Waals surface area contributed by atoms with Crippen LogP contribution in [0.1, 0.15) is 22.1 Å². The lowest BCUT2D eigenvalue weighted by atomic mass is 9.95. The fraction of sp³-hybridized carbons (Fsp3) is 0.111. The molecule has 0 spiro atoms. The van der Waals surface area contributed by atoms with Crippen LogP contribution in [0.4, 0.5) is 0 Å². The van der Waals surface area contributed by atoms with Gasteiger partial charge in [0.1, 0.15) is 0 Å². The molecule has 106 valence electrons. The first-order chi connectivity index (χ1) is 10.1. The zero-order valence-electron chi connectivity index (χ0n) is 11.4. The maximum Gasteiger partial charge on any atom is 0.0852 e. The van der Waals surface area contributed by atoms with Crippen LogP contribution in [0.15, 0.2) is 63.5 Å². The van der Waals surface area contributed by atoms with Crippen LogP contribution in [-0.4, -0.2) is 0 Å². The smallest absolute Gasteiger partial charge is 0.0852 e. The minimum atomic E-state index is -0.182. The van der Waals surface area contributed by atoms with Crippen LogP contribution in [0.5, 0.6) is 0 Å². The van der Waals surface area contributed by atoms with Gasteiger partial charge in [0.25, 0.3) is 0 Å². The molecular formula is C18H13Br2Cl. The molecule has 3 aromatic rings. The number of fused-ring (bicyclic) bond motifs is 1. The molecule has 0 bridgehead atoms. The lowest BCUT2D eigenvalue weighted by Gasteiger charge is -2.16. The van der Waals surface area contributed by atoms with Crippen molar-refractivity contribution in [2.75, 3.05) is 0 Å². The average Bonchev–Trinajstić information content (AvgIpc) is 2.47. The third-order valence-electron chi connectivity index (χ3n) is 3.68. The third-order valence-corrected chi connectivity index (χ3v) is 5.33. The van der Waals surface area contributed by atoms with E-state index in [1.165, 1.54) is 16.3 Å². The van der Waals surface area contributed by atoms with E-state index in [1.54, 1.807) is 0 Å². The summed E-state index contributed by atoms with van der Waals surface area (Å²) in [5.74, 6) is 0. The first kappa shape index (κ1) is 15.1. The zero-order valence-corrected chi connectivity index (χ0v) is 15.3. The SMILES string of the molecule is Cc1ccc(C(Cl)c2ccc(Br)cc2Br)c2ccccc12. The van der Waals surface area contributed by atoms with Crippen molar-refractivity contribution in [1.82, 2.24) is 0 Å². The highest BCUT2D eigenvalue weighted by molar-refractivity contribution is 9.11. The van der Waals surface area contributed by atoms with Gasteiger partial charge < -0.3 is 0 Å². The first-order valence-corrected chi connectivity index (χ1v) is 8.67. The first-order valence-electron chi connectivity index (χ1n) is 6.65. The Labute approximate surface area is 146 Å². The summed E-state index contributed by atoms with van der Waals surface area (Å²) in [5, 5.41) is 2.29. The Balaban J connectivity index is 2.18. The highest BCUT2D eigenvalue weighted by Gasteiger charge is 2.17. The van der Waals surface area contributed by atoms with E-state index in [-0.39, 0.29) is 5.38 Å². The van der Waals surface area contributed by atoms with Gasteiger partial charge in [-0.05, 0) is 46.5 Å². The van der Waals surface area contributed by atoms with Crippen molar-refractivity contribution in [1.29, 1.82) is 0 Å². The molecule has 0 N–H and O–H groups in total. The minimum Gasteiger partial charge on any atom is -0.113 e. The van der Waals surface area contributed by atoms with Crippen LogP contribution >= 0.6 is 43.5 Å². The van der Waals surface area contributed by atoms with Gasteiger partial charge in [-0.1, -0.05) is 74.3 Å². The molecule has 0 aliphatic rings. The molecule has 0 heterocycles. The van der Waals surface area contributed by atoms with Crippen molar-refractivity contribution >= 4 is 54.2 Å². The molecule has 21 heavy (non-hydrogen) atoms. The molecule has 3 rings (SSSR count). The van der Waals surface area contributed by atoms with Gasteiger partial charge >= 0.3 is 0 Å². The summed E-state index contributed by atoms with van der Waals surface area (Å²) < 4.78 is 2.05. The van der Waals surface area contributed by atoms with E-state index in [0.29, 0.717) is 0 Å². The van der Waals surface area contributed by atoms with Crippen molar-refractivity contribution in [3.63, 3.8) is 0 Å². The van der Waals surface area contributed by atoms with Gasteiger partial charge in [-0.15, -0.1) is 11.6 Å². The Kier molecular flexibility index (Phi) is 4.39. The normalized spacial score (nSPS) is 12.6. The van der Waals surface area contributed by atoms with E-state index < -0.39 is 0 Å². The maximum atomic E-state index is 6.78. The van der Waals surface area contributed by atoms with Gasteiger partial charge in [0.05, 0.1) is 5.38 Å². The highest BCUT2D eigenvalue weighted by Crippen LogP contribution is 2.38. The molecule has 0 saturated heterocycles. The Bertz CT molecular complexity index is 811. The minimum absolute atomic E-state index is 0.182. The number of benzene rings is 3. The lowest BCUT2D eigenvalue weighted by Crippen LogP contribution is -1.97. The van der Waals surface area contributed by atoms with Crippen LogP contribution < -0.4 is 0 Å². The molecule has 1 unspecified atom stereocenters. The zero-order chi connectivity index (χ0) is 15.0. The number of hydrogen-bond acceptors (Lipinski definition) is 0. The number of rotatable bonds is 2. The van der Waals surface area contributed by atoms with E-state index in [4.69, 9.17) is 11.6 Å². The van der Waals surface area contributed by atoms with Gasteiger partial charge in [-0.25, -0.2) is 0 Å². The van der Waals surface area contributed by atoms with Gasteiger partial charge in [-0.2, -0.15) is 0 Å². The fourth-order valence-corrected chi connectivity index (χ4v) is 4.36. The van der Waals surface area contributed by atoms with Gasteiger partial charge in [0.2, 0.25) is 0 Å². The fourth-order valence-electron chi connectivity index (χ4n) is 2.57. The maximum absolute atomic E-state index is 6.78. The molecule has 0 nitrogen and oxygen atoms in total. The topological polar surface area (TPSA) is 0 Å². The molecule has 3 aromatic carbocycles. The summed E-state index contributed by atoms with van der Waals surface area (Å²) in [7, 11) is 0. The summed E-state index contributed by atoms with van der Waals surface area (Å²) >= 11 is 13.9. The predicted octanol–water partition coefficient (Wildman–Crippen LogP) is 7.00. The highest BCUT2D eigenvalue weighted by atomic mass is 79.9. The number of halogens is 3. The Morgan fingerprint density at radius 2 is 1.52 bits per heavy atom. The molecule has 0 aromatic heterocycles. The number of hydrogen-bond donors (Lipinski definition) is 0. The standard InChI is InChI=1S/C18H13Br2Cl/c1-11-6-8-15(14-5-3-2-4-13(11)14)18(21)16-9-7-12(19)10-17(16)20/h2-10,18H,1H3. The van der Waals surface area contributed by atoms with Crippen LogP contribution in [-0.2, 0) is 0 Å². The number of alkyl halides is 1. The second kappa shape index (κ2) is 6.12. The molecule has 0 aliphatic carbocycles. The van der Waals surface area contributed by atoms with Crippen molar-refractivity contribution in [2.24, 2.45) is 0 Å². The molecule has 0 amide bonds. The Morgan fingerprint density at radius 3 is 2.24 bits per heavy atom. The summed E-state index contributed by atoms with van der Waals surface area (Å²) in [6, 6.07) is 18.8. The van der Waals surface area contributed by atoms with Crippen molar-refractivity contribution < 1.29 is 0 Å². The summed E-state index contributed by atoms with van der Waals surface area (Å²) in [6.07, 6.45) is 0. The van der Waals surface area contributed by atoms with Crippen molar-refractivity contribution in [3.05, 3.63) is 80.2 Å². The molecule has 0 aliphatic heterocycles. The van der Waals surface area contributed by atoms with Gasteiger partial charge in [0, 0.05) is 8.95 Å². The van der Waals surface area contributed by atoms with Gasteiger partial charge in [-0.3, -0.25) is 0 Å². The van der Waals surface area contributed by atoms with Crippen LogP contribution in [0.25, 0.3) is 10.8 Å². The monoisotopic (exact) mass is 422 g/mol.